The molecule has 2 aromatic rings. The van der Waals surface area contributed by atoms with Crippen molar-refractivity contribution >= 4 is 27.7 Å². The van der Waals surface area contributed by atoms with E-state index in [0.717, 1.165) is 9.37 Å². The second kappa shape index (κ2) is 6.36. The standard InChI is InChI=1S/C13H14BrN3OS/c1-8(15-2)10-4-3-9(14)7-11(10)19-13-16-6-5-12(18)17-13/h3-8,15H,1-2H3,(H,16,17,18). The van der Waals surface area contributed by atoms with Gasteiger partial charge in [-0.3, -0.25) is 4.79 Å². The van der Waals surface area contributed by atoms with E-state index in [1.54, 1.807) is 0 Å². The molecule has 2 N–H and O–H groups in total. The van der Waals surface area contributed by atoms with E-state index in [0.29, 0.717) is 5.16 Å². The third-order valence-electron chi connectivity index (χ3n) is 2.73. The average Bonchev–Trinajstić information content (AvgIpc) is 2.38. The lowest BCUT2D eigenvalue weighted by Gasteiger charge is -2.15. The number of aromatic nitrogens is 2. The zero-order valence-electron chi connectivity index (χ0n) is 10.6. The Morgan fingerprint density at radius 3 is 2.89 bits per heavy atom. The molecule has 4 nitrogen and oxygen atoms in total. The van der Waals surface area contributed by atoms with Gasteiger partial charge in [-0.1, -0.05) is 33.8 Å². The summed E-state index contributed by atoms with van der Waals surface area (Å²) in [6, 6.07) is 7.73. The van der Waals surface area contributed by atoms with Crippen molar-refractivity contribution in [3.63, 3.8) is 0 Å². The van der Waals surface area contributed by atoms with E-state index in [1.165, 1.54) is 29.6 Å². The van der Waals surface area contributed by atoms with Gasteiger partial charge in [-0.15, -0.1) is 0 Å². The molecule has 100 valence electrons. The Bertz CT molecular complexity index is 629. The van der Waals surface area contributed by atoms with Crippen molar-refractivity contribution in [2.75, 3.05) is 7.05 Å². The van der Waals surface area contributed by atoms with Crippen LogP contribution in [0.3, 0.4) is 0 Å². The third-order valence-corrected chi connectivity index (χ3v) is 4.20. The zero-order chi connectivity index (χ0) is 13.8. The lowest BCUT2D eigenvalue weighted by Crippen LogP contribution is -2.13. The van der Waals surface area contributed by atoms with E-state index in [-0.39, 0.29) is 11.6 Å². The van der Waals surface area contributed by atoms with Crippen LogP contribution in [0, 0.1) is 0 Å². The minimum absolute atomic E-state index is 0.143. The third kappa shape index (κ3) is 3.68. The summed E-state index contributed by atoms with van der Waals surface area (Å²) in [5, 5.41) is 3.81. The fourth-order valence-corrected chi connectivity index (χ4v) is 3.15. The predicted octanol–water partition coefficient (Wildman–Crippen LogP) is 2.96. The van der Waals surface area contributed by atoms with Crippen molar-refractivity contribution < 1.29 is 0 Å². The molecule has 0 amide bonds. The Balaban J connectivity index is 2.38. The number of H-pyrrole nitrogens is 1. The first kappa shape index (κ1) is 14.3. The van der Waals surface area contributed by atoms with Crippen molar-refractivity contribution in [1.29, 1.82) is 0 Å². The molecule has 0 bridgehead atoms. The molecule has 1 unspecified atom stereocenters. The molecule has 0 aliphatic rings. The Morgan fingerprint density at radius 1 is 1.42 bits per heavy atom. The summed E-state index contributed by atoms with van der Waals surface area (Å²) < 4.78 is 1.00. The van der Waals surface area contributed by atoms with Gasteiger partial charge in [0.25, 0.3) is 5.56 Å². The SMILES string of the molecule is CNC(C)c1ccc(Br)cc1Sc1nccc(=O)[nH]1. The lowest BCUT2D eigenvalue weighted by atomic mass is 10.1. The molecule has 2 rings (SSSR count). The summed E-state index contributed by atoms with van der Waals surface area (Å²) in [4.78, 5) is 19.2. The lowest BCUT2D eigenvalue weighted by molar-refractivity contribution is 0.641. The first-order valence-electron chi connectivity index (χ1n) is 5.80. The van der Waals surface area contributed by atoms with Gasteiger partial charge in [0.1, 0.15) is 0 Å². The second-order valence-electron chi connectivity index (χ2n) is 4.03. The molecule has 0 aliphatic carbocycles. The van der Waals surface area contributed by atoms with Gasteiger partial charge in [0.05, 0.1) is 0 Å². The highest BCUT2D eigenvalue weighted by atomic mass is 79.9. The van der Waals surface area contributed by atoms with Gasteiger partial charge in [-0.05, 0) is 31.7 Å². The summed E-state index contributed by atoms with van der Waals surface area (Å²) in [7, 11) is 1.92. The molecular weight excluding hydrogens is 326 g/mol. The van der Waals surface area contributed by atoms with Gasteiger partial charge in [0.15, 0.2) is 5.16 Å². The van der Waals surface area contributed by atoms with E-state index in [1.807, 2.05) is 19.2 Å². The molecule has 19 heavy (non-hydrogen) atoms. The van der Waals surface area contributed by atoms with Crippen molar-refractivity contribution in [1.82, 2.24) is 15.3 Å². The van der Waals surface area contributed by atoms with Crippen molar-refractivity contribution in [2.45, 2.75) is 23.0 Å². The van der Waals surface area contributed by atoms with Crippen LogP contribution in [0.2, 0.25) is 0 Å². The van der Waals surface area contributed by atoms with Crippen molar-refractivity contribution in [3.8, 4) is 0 Å². The first-order chi connectivity index (χ1) is 9.10. The van der Waals surface area contributed by atoms with Crippen LogP contribution < -0.4 is 10.9 Å². The van der Waals surface area contributed by atoms with Crippen LogP contribution in [-0.2, 0) is 0 Å². The number of benzene rings is 1. The largest absolute Gasteiger partial charge is 0.313 e. The molecule has 0 fully saturated rings. The summed E-state index contributed by atoms with van der Waals surface area (Å²) in [5.74, 6) is 0. The van der Waals surface area contributed by atoms with Crippen LogP contribution in [0.1, 0.15) is 18.5 Å². The Labute approximate surface area is 124 Å². The minimum Gasteiger partial charge on any atom is -0.313 e. The molecule has 0 saturated carbocycles. The van der Waals surface area contributed by atoms with E-state index in [9.17, 15) is 4.79 Å². The number of hydrogen-bond donors (Lipinski definition) is 2. The average molecular weight is 340 g/mol. The quantitative estimate of drug-likeness (QED) is 0.841. The minimum atomic E-state index is -0.143. The van der Waals surface area contributed by atoms with E-state index in [2.05, 4.69) is 44.2 Å². The molecule has 1 heterocycles. The van der Waals surface area contributed by atoms with Gasteiger partial charge < -0.3 is 10.3 Å². The monoisotopic (exact) mass is 339 g/mol. The fourth-order valence-electron chi connectivity index (χ4n) is 1.62. The topological polar surface area (TPSA) is 57.8 Å². The number of aromatic amines is 1. The van der Waals surface area contributed by atoms with E-state index in [4.69, 9.17) is 0 Å². The first-order valence-corrected chi connectivity index (χ1v) is 7.41. The molecule has 1 atom stereocenters. The van der Waals surface area contributed by atoms with Crippen LogP contribution >= 0.6 is 27.7 Å². The number of nitrogens with zero attached hydrogens (tertiary/aromatic N) is 1. The Kier molecular flexibility index (Phi) is 4.79. The molecule has 0 spiro atoms. The maximum absolute atomic E-state index is 11.3. The Morgan fingerprint density at radius 2 is 2.21 bits per heavy atom. The number of rotatable bonds is 4. The van der Waals surface area contributed by atoms with Crippen LogP contribution in [0.25, 0.3) is 0 Å². The number of hydrogen-bond acceptors (Lipinski definition) is 4. The summed E-state index contributed by atoms with van der Waals surface area (Å²) in [6.45, 7) is 2.09. The van der Waals surface area contributed by atoms with E-state index >= 15 is 0 Å². The zero-order valence-corrected chi connectivity index (χ0v) is 13.0. The number of nitrogens with one attached hydrogen (secondary N) is 2. The van der Waals surface area contributed by atoms with Crippen LogP contribution in [0.4, 0.5) is 0 Å². The second-order valence-corrected chi connectivity index (χ2v) is 5.98. The van der Waals surface area contributed by atoms with Gasteiger partial charge in [-0.2, -0.15) is 0 Å². The highest BCUT2D eigenvalue weighted by molar-refractivity contribution is 9.10. The van der Waals surface area contributed by atoms with Gasteiger partial charge in [-0.25, -0.2) is 4.98 Å². The van der Waals surface area contributed by atoms with Gasteiger partial charge >= 0.3 is 0 Å². The molecule has 0 radical (unpaired) electrons. The number of halogens is 1. The summed E-state index contributed by atoms with van der Waals surface area (Å²) in [5.41, 5.74) is 1.03. The van der Waals surface area contributed by atoms with Gasteiger partial charge in [0.2, 0.25) is 0 Å². The Hall–Kier alpha value is -1.11. The normalized spacial score (nSPS) is 12.4. The van der Waals surface area contributed by atoms with Gasteiger partial charge in [0, 0.05) is 27.7 Å². The predicted molar refractivity (Wildman–Crippen MR) is 80.6 cm³/mol. The molecule has 6 heteroatoms. The smallest absolute Gasteiger partial charge is 0.251 e. The molecule has 0 aliphatic heterocycles. The fraction of sp³-hybridized carbons (Fsp3) is 0.231. The van der Waals surface area contributed by atoms with Crippen molar-refractivity contribution in [3.05, 3.63) is 50.9 Å². The van der Waals surface area contributed by atoms with Crippen LogP contribution in [-0.4, -0.2) is 17.0 Å². The maximum Gasteiger partial charge on any atom is 0.251 e. The summed E-state index contributed by atoms with van der Waals surface area (Å²) in [6.07, 6.45) is 1.51. The summed E-state index contributed by atoms with van der Waals surface area (Å²) >= 11 is 4.92. The maximum atomic E-state index is 11.3. The molecular formula is C13H14BrN3OS. The van der Waals surface area contributed by atoms with Crippen LogP contribution in [0.5, 0.6) is 0 Å². The highest BCUT2D eigenvalue weighted by Crippen LogP contribution is 2.33. The molecule has 1 aromatic carbocycles. The van der Waals surface area contributed by atoms with Crippen molar-refractivity contribution in [2.24, 2.45) is 0 Å². The molecule has 0 saturated heterocycles. The van der Waals surface area contributed by atoms with E-state index < -0.39 is 0 Å². The highest BCUT2D eigenvalue weighted by Gasteiger charge is 2.11. The molecule has 1 aromatic heterocycles. The van der Waals surface area contributed by atoms with Crippen LogP contribution in [0.15, 0.2) is 49.8 Å².